The van der Waals surface area contributed by atoms with E-state index in [1.54, 1.807) is 0 Å². The number of hydrogen-bond acceptors (Lipinski definition) is 6. The Balaban J connectivity index is 2.86. The lowest BCUT2D eigenvalue weighted by Crippen LogP contribution is -2.07. The van der Waals surface area contributed by atoms with E-state index >= 15 is 0 Å². The maximum atomic E-state index is 11.7. The topological polar surface area (TPSA) is 118 Å². The minimum Gasteiger partial charge on any atom is -0.507 e. The normalized spacial score (nSPS) is 10.6. The number of phenols is 2. The highest BCUT2D eigenvalue weighted by Crippen LogP contribution is 2.35. The first-order valence-corrected chi connectivity index (χ1v) is 6.02. The van der Waals surface area contributed by atoms with Gasteiger partial charge in [-0.3, -0.25) is 14.9 Å². The minimum absolute atomic E-state index is 0.0730. The second kappa shape index (κ2) is 4.89. The molecule has 8 heteroatoms. The van der Waals surface area contributed by atoms with E-state index in [0.717, 1.165) is 4.68 Å². The number of aryl methyl sites for hydroxylation is 1. The molecule has 0 spiro atoms. The molecule has 0 radical (unpaired) electrons. The zero-order valence-corrected chi connectivity index (χ0v) is 11.6. The molecule has 1 aromatic heterocycles. The Morgan fingerprint density at radius 2 is 1.86 bits per heavy atom. The van der Waals surface area contributed by atoms with Gasteiger partial charge < -0.3 is 10.2 Å². The summed E-state index contributed by atoms with van der Waals surface area (Å²) in [5.74, 6) is -1.13. The average Bonchev–Trinajstić information content (AvgIpc) is 2.66. The molecule has 1 aromatic carbocycles. The zero-order valence-electron chi connectivity index (χ0n) is 11.6. The molecule has 1 heterocycles. The van der Waals surface area contributed by atoms with Crippen LogP contribution in [0.1, 0.15) is 28.7 Å². The van der Waals surface area contributed by atoms with Crippen molar-refractivity contribution in [2.24, 2.45) is 0 Å². The highest BCUT2D eigenvalue weighted by Gasteiger charge is 2.27. The van der Waals surface area contributed by atoms with E-state index < -0.39 is 10.7 Å². The Morgan fingerprint density at radius 3 is 2.33 bits per heavy atom. The van der Waals surface area contributed by atoms with Gasteiger partial charge in [-0.15, -0.1) is 0 Å². The molecule has 0 atom stereocenters. The molecule has 0 amide bonds. The lowest BCUT2D eigenvalue weighted by atomic mass is 10.1. The van der Waals surface area contributed by atoms with Crippen LogP contribution in [0.3, 0.4) is 0 Å². The van der Waals surface area contributed by atoms with Crippen LogP contribution >= 0.6 is 0 Å². The Bertz CT molecular complexity index is 764. The fourth-order valence-electron chi connectivity index (χ4n) is 2.25. The van der Waals surface area contributed by atoms with Crippen LogP contribution in [0.2, 0.25) is 0 Å². The summed E-state index contributed by atoms with van der Waals surface area (Å²) in [4.78, 5) is 22.2. The number of rotatable bonds is 3. The third kappa shape index (κ3) is 2.20. The van der Waals surface area contributed by atoms with Crippen molar-refractivity contribution in [3.05, 3.63) is 39.2 Å². The number of carbonyl (C=O) groups excluding carboxylic acids is 1. The highest BCUT2D eigenvalue weighted by molar-refractivity contribution is 6.01. The quantitative estimate of drug-likeness (QED) is 0.386. The smallest absolute Gasteiger partial charge is 0.313 e. The van der Waals surface area contributed by atoms with Gasteiger partial charge in [0.25, 0.3) is 0 Å². The minimum atomic E-state index is -0.582. The van der Waals surface area contributed by atoms with E-state index in [1.807, 2.05) is 0 Å². The molecule has 2 rings (SSSR count). The second-order valence-electron chi connectivity index (χ2n) is 4.57. The Labute approximate surface area is 119 Å². The summed E-state index contributed by atoms with van der Waals surface area (Å²) in [6.45, 7) is 4.12. The van der Waals surface area contributed by atoms with Gasteiger partial charge in [-0.1, -0.05) is 0 Å². The number of aromatic nitrogens is 2. The van der Waals surface area contributed by atoms with Crippen LogP contribution < -0.4 is 0 Å². The number of nitrogens with zero attached hydrogens (tertiary/aromatic N) is 3. The van der Waals surface area contributed by atoms with Crippen LogP contribution in [0.4, 0.5) is 5.69 Å². The number of hydrogen-bond donors (Lipinski definition) is 2. The first kappa shape index (κ1) is 14.5. The van der Waals surface area contributed by atoms with Crippen molar-refractivity contribution in [1.29, 1.82) is 0 Å². The van der Waals surface area contributed by atoms with E-state index in [4.69, 9.17) is 0 Å². The van der Waals surface area contributed by atoms with Crippen molar-refractivity contribution < 1.29 is 19.9 Å². The second-order valence-corrected chi connectivity index (χ2v) is 4.57. The summed E-state index contributed by atoms with van der Waals surface area (Å²) >= 11 is 0. The van der Waals surface area contributed by atoms with Gasteiger partial charge in [-0.25, -0.2) is 4.68 Å². The fourth-order valence-corrected chi connectivity index (χ4v) is 2.25. The van der Waals surface area contributed by atoms with Crippen molar-refractivity contribution >= 4 is 11.5 Å². The van der Waals surface area contributed by atoms with Gasteiger partial charge in [0, 0.05) is 0 Å². The van der Waals surface area contributed by atoms with Crippen LogP contribution in [0.5, 0.6) is 11.5 Å². The van der Waals surface area contributed by atoms with Crippen LogP contribution in [-0.2, 0) is 0 Å². The summed E-state index contributed by atoms with van der Waals surface area (Å²) in [6.07, 6.45) is 0. The van der Waals surface area contributed by atoms with Crippen LogP contribution in [0.15, 0.2) is 12.1 Å². The van der Waals surface area contributed by atoms with Gasteiger partial charge in [0.1, 0.15) is 28.6 Å². The van der Waals surface area contributed by atoms with Gasteiger partial charge in [0.15, 0.2) is 5.78 Å². The first-order valence-electron chi connectivity index (χ1n) is 6.02. The Kier molecular flexibility index (Phi) is 3.38. The van der Waals surface area contributed by atoms with Gasteiger partial charge >= 0.3 is 5.69 Å². The van der Waals surface area contributed by atoms with Crippen molar-refractivity contribution in [2.75, 3.05) is 0 Å². The number of aromatic hydroxyl groups is 2. The molecule has 2 N–H and O–H groups in total. The van der Waals surface area contributed by atoms with Crippen molar-refractivity contribution in [2.45, 2.75) is 20.8 Å². The summed E-state index contributed by atoms with van der Waals surface area (Å²) in [6, 6.07) is 2.37. The third-order valence-corrected chi connectivity index (χ3v) is 3.13. The van der Waals surface area contributed by atoms with E-state index in [2.05, 4.69) is 5.10 Å². The predicted octanol–water partition coefficient (Wildman–Crippen LogP) is 2.01. The average molecular weight is 291 g/mol. The monoisotopic (exact) mass is 291 g/mol. The molecule has 2 aromatic rings. The number of benzene rings is 1. The molecular weight excluding hydrogens is 278 g/mol. The highest BCUT2D eigenvalue weighted by atomic mass is 16.6. The number of nitro groups is 1. The largest absolute Gasteiger partial charge is 0.507 e. The van der Waals surface area contributed by atoms with Gasteiger partial charge in [0.05, 0.1) is 10.5 Å². The van der Waals surface area contributed by atoms with Crippen LogP contribution in [0.25, 0.3) is 5.69 Å². The molecule has 0 aliphatic rings. The van der Waals surface area contributed by atoms with Gasteiger partial charge in [-0.2, -0.15) is 5.10 Å². The molecule has 21 heavy (non-hydrogen) atoms. The zero-order chi connectivity index (χ0) is 15.9. The lowest BCUT2D eigenvalue weighted by molar-refractivity contribution is -0.386. The molecule has 0 aliphatic carbocycles. The first-order chi connectivity index (χ1) is 9.75. The number of ketones is 1. The molecule has 110 valence electrons. The molecular formula is C13H13N3O5. The maximum absolute atomic E-state index is 11.7. The van der Waals surface area contributed by atoms with E-state index in [-0.39, 0.29) is 39.8 Å². The summed E-state index contributed by atoms with van der Waals surface area (Å²) in [5, 5.41) is 34.8. The lowest BCUT2D eigenvalue weighted by Gasteiger charge is -2.12. The molecule has 0 fully saturated rings. The van der Waals surface area contributed by atoms with Crippen LogP contribution in [0, 0.1) is 24.0 Å². The molecule has 0 aliphatic heterocycles. The summed E-state index contributed by atoms with van der Waals surface area (Å²) in [7, 11) is 0. The number of phenolic OH excluding ortho intramolecular Hbond substituents is 2. The van der Waals surface area contributed by atoms with Gasteiger partial charge in [-0.05, 0) is 32.9 Å². The number of carbonyl (C=O) groups is 1. The van der Waals surface area contributed by atoms with Crippen molar-refractivity contribution in [3.8, 4) is 17.2 Å². The molecule has 8 nitrogen and oxygen atoms in total. The van der Waals surface area contributed by atoms with E-state index in [0.29, 0.717) is 0 Å². The Morgan fingerprint density at radius 1 is 1.29 bits per heavy atom. The molecule has 0 bridgehead atoms. The molecule has 0 unspecified atom stereocenters. The summed E-state index contributed by atoms with van der Waals surface area (Å²) in [5.41, 5.74) is -0.116. The van der Waals surface area contributed by atoms with Gasteiger partial charge in [0.2, 0.25) is 0 Å². The van der Waals surface area contributed by atoms with E-state index in [1.165, 1.54) is 32.9 Å². The predicted molar refractivity (Wildman–Crippen MR) is 73.0 cm³/mol. The SMILES string of the molecule is CC(=O)c1c(O)ccc(O)c1-n1nc(C)c([N+](=O)[O-])c1C. The summed E-state index contributed by atoms with van der Waals surface area (Å²) < 4.78 is 1.10. The third-order valence-electron chi connectivity index (χ3n) is 3.13. The van der Waals surface area contributed by atoms with E-state index in [9.17, 15) is 25.1 Å². The maximum Gasteiger partial charge on any atom is 0.313 e. The number of Topliss-reactive ketones (excluding diaryl/α,β-unsaturated/α-hetero) is 1. The van der Waals surface area contributed by atoms with Crippen molar-refractivity contribution in [3.63, 3.8) is 0 Å². The molecule has 0 saturated heterocycles. The Hall–Kier alpha value is -2.90. The molecule has 0 saturated carbocycles. The fraction of sp³-hybridized carbons (Fsp3) is 0.231. The van der Waals surface area contributed by atoms with Crippen molar-refractivity contribution in [1.82, 2.24) is 9.78 Å². The van der Waals surface area contributed by atoms with Crippen LogP contribution in [-0.4, -0.2) is 30.7 Å². The standard InChI is InChI=1S/C13H13N3O5/c1-6-12(16(20)21)7(2)15(14-6)13-10(19)5-4-9(18)11(13)8(3)17/h4-5,18-19H,1-3H3.